The lowest BCUT2D eigenvalue weighted by Gasteiger charge is -2.43. The van der Waals surface area contributed by atoms with E-state index >= 15 is 0 Å². The van der Waals surface area contributed by atoms with E-state index in [-0.39, 0.29) is 33.5 Å². The maximum Gasteiger partial charge on any atom is 0.253 e. The van der Waals surface area contributed by atoms with Crippen LogP contribution >= 0.6 is 0 Å². The van der Waals surface area contributed by atoms with Crippen LogP contribution in [0.2, 0.25) is 0 Å². The third-order valence-corrected chi connectivity index (χ3v) is 17.1. The Bertz CT molecular complexity index is 3350. The molecular weight excluding hydrogens is 1030 g/mol. The lowest BCUT2D eigenvalue weighted by molar-refractivity contribution is 0.0795. The molecular formula is C73H91N5O5. The summed E-state index contributed by atoms with van der Waals surface area (Å²) in [6.07, 6.45) is 3.33. The molecule has 0 radical (unpaired) electrons. The smallest absolute Gasteiger partial charge is 0.253 e. The summed E-state index contributed by atoms with van der Waals surface area (Å²) < 4.78 is 6.53. The van der Waals surface area contributed by atoms with Gasteiger partial charge >= 0.3 is 0 Å². The minimum Gasteiger partial charge on any atom is -0.489 e. The van der Waals surface area contributed by atoms with E-state index in [1.54, 1.807) is 48.2 Å². The molecule has 438 valence electrons. The summed E-state index contributed by atoms with van der Waals surface area (Å²) in [4.78, 5) is 32.4. The van der Waals surface area contributed by atoms with Crippen LogP contribution in [0.4, 0.5) is 17.1 Å². The number of aliphatic hydroxyl groups is 2. The van der Waals surface area contributed by atoms with Gasteiger partial charge in [0.1, 0.15) is 24.6 Å². The topological polar surface area (TPSA) is 109 Å². The Balaban J connectivity index is 0.000000239. The monoisotopic (exact) mass is 1120 g/mol. The molecule has 3 N–H and O–H groups in total. The molecule has 0 fully saturated rings. The summed E-state index contributed by atoms with van der Waals surface area (Å²) in [6, 6.07) is 39.9. The van der Waals surface area contributed by atoms with Crippen LogP contribution in [0.1, 0.15) is 183 Å². The summed E-state index contributed by atoms with van der Waals surface area (Å²) in [5.41, 5.74) is 15.1. The zero-order valence-electron chi connectivity index (χ0n) is 52.5. The molecule has 6 aromatic rings. The molecule has 0 aliphatic heterocycles. The number of rotatable bonds is 15. The molecule has 6 aromatic carbocycles. The van der Waals surface area contributed by atoms with Crippen LogP contribution in [0.3, 0.4) is 0 Å². The van der Waals surface area contributed by atoms with Gasteiger partial charge in [0.05, 0.1) is 0 Å². The Hall–Kier alpha value is -7.50. The quantitative estimate of drug-likeness (QED) is 0.0873. The number of ether oxygens (including phenoxy) is 1. The Morgan fingerprint density at radius 3 is 1.36 bits per heavy atom. The lowest BCUT2D eigenvalue weighted by atomic mass is 9.62. The van der Waals surface area contributed by atoms with Crippen molar-refractivity contribution in [2.24, 2.45) is 0 Å². The zero-order valence-corrected chi connectivity index (χ0v) is 52.5. The Morgan fingerprint density at radius 1 is 0.530 bits per heavy atom. The average molecular weight is 1120 g/mol. The number of fused-ring (bicyclic) bond motifs is 2. The van der Waals surface area contributed by atoms with Gasteiger partial charge in [-0.1, -0.05) is 115 Å². The van der Waals surface area contributed by atoms with Crippen molar-refractivity contribution < 1.29 is 24.5 Å². The van der Waals surface area contributed by atoms with Crippen molar-refractivity contribution in [1.29, 1.82) is 0 Å². The fourth-order valence-electron chi connectivity index (χ4n) is 11.1. The van der Waals surface area contributed by atoms with Crippen LogP contribution in [0.5, 0.6) is 5.75 Å². The first-order valence-electron chi connectivity index (χ1n) is 29.5. The van der Waals surface area contributed by atoms with Crippen molar-refractivity contribution in [3.63, 3.8) is 0 Å². The number of anilines is 3. The fraction of sp³-hybridized carbons (Fsp3) is 0.425. The molecule has 8 rings (SSSR count). The Labute approximate surface area is 497 Å². The third-order valence-electron chi connectivity index (χ3n) is 17.1. The van der Waals surface area contributed by atoms with E-state index in [9.17, 15) is 19.8 Å². The molecule has 10 heteroatoms. The Morgan fingerprint density at radius 2 is 0.928 bits per heavy atom. The second-order valence-corrected chi connectivity index (χ2v) is 25.7. The number of carbonyl (C=O) groups excluding carboxylic acids is 2. The van der Waals surface area contributed by atoms with Gasteiger partial charge in [-0.25, -0.2) is 0 Å². The van der Waals surface area contributed by atoms with E-state index in [1.165, 1.54) is 33.5 Å². The summed E-state index contributed by atoms with van der Waals surface area (Å²) in [7, 11) is 11.7. The summed E-state index contributed by atoms with van der Waals surface area (Å²) in [6.45, 7) is 24.8. The van der Waals surface area contributed by atoms with Crippen LogP contribution in [-0.4, -0.2) is 93.7 Å². The van der Waals surface area contributed by atoms with Crippen molar-refractivity contribution >= 4 is 28.9 Å². The first-order chi connectivity index (χ1) is 39.1. The van der Waals surface area contributed by atoms with Gasteiger partial charge in [0.25, 0.3) is 11.8 Å². The van der Waals surface area contributed by atoms with Gasteiger partial charge in [0, 0.05) is 107 Å². The number of hydrogen-bond acceptors (Lipinski definition) is 8. The Kier molecular flexibility index (Phi) is 20.1. The van der Waals surface area contributed by atoms with Crippen LogP contribution < -0.4 is 19.9 Å². The van der Waals surface area contributed by atoms with Gasteiger partial charge in [-0.2, -0.15) is 0 Å². The predicted molar refractivity (Wildman–Crippen MR) is 343 cm³/mol. The van der Waals surface area contributed by atoms with E-state index in [0.717, 1.165) is 83.6 Å². The summed E-state index contributed by atoms with van der Waals surface area (Å²) in [5.74, 6) is 13.1. The number of hydrogen-bond donors (Lipinski definition) is 3. The highest BCUT2D eigenvalue weighted by atomic mass is 16.5. The number of aliphatic hydroxyl groups excluding tert-OH is 2. The average Bonchev–Trinajstić information content (AvgIpc) is 3.62. The van der Waals surface area contributed by atoms with Crippen molar-refractivity contribution in [3.05, 3.63) is 188 Å². The lowest BCUT2D eigenvalue weighted by Crippen LogP contribution is -2.35. The van der Waals surface area contributed by atoms with Crippen LogP contribution in [0, 0.1) is 23.7 Å². The van der Waals surface area contributed by atoms with Gasteiger partial charge < -0.3 is 39.9 Å². The van der Waals surface area contributed by atoms with E-state index in [4.69, 9.17) is 4.74 Å². The minimum atomic E-state index is -0.976. The van der Waals surface area contributed by atoms with Crippen LogP contribution in [0.15, 0.2) is 121 Å². The van der Waals surface area contributed by atoms with Gasteiger partial charge in [0.2, 0.25) is 0 Å². The largest absolute Gasteiger partial charge is 0.489 e. The third kappa shape index (κ3) is 15.4. The van der Waals surface area contributed by atoms with Gasteiger partial charge in [-0.3, -0.25) is 9.59 Å². The standard InChI is InChI=1S/C37H47N3O2.C36H44N2O3/c1-9-40(8)35(42)28-15-10-26(11-16-28)14-19-33(41)29-24-31-34(37(4,5)22-21-36(31,2)3)32(25-29)38-23-20-27-12-17-30(18-13-27)39(6)7;1-9-38(8)34(40)27-15-10-25(11-16-27)14-19-31(39)28-22-30-33(36(4,5)21-20-35(30,2)3)32(23-28)41-24-26-12-17-29(18-13-26)37(6)7/h10-13,15-18,24-25,33,38,41H,9,20-23H2,1-8H3;10-13,15-18,22-23,31,39H,9,20-21,24H2,1-8H3. The molecule has 0 heterocycles. The maximum absolute atomic E-state index is 12.4. The highest BCUT2D eigenvalue weighted by Gasteiger charge is 2.41. The summed E-state index contributed by atoms with van der Waals surface area (Å²) >= 11 is 0. The number of nitrogens with one attached hydrogen (secondary N) is 1. The predicted octanol–water partition coefficient (Wildman–Crippen LogP) is 13.8. The van der Waals surface area contributed by atoms with Crippen molar-refractivity contribution in [2.75, 3.05) is 77.0 Å². The fourth-order valence-corrected chi connectivity index (χ4v) is 11.1. The maximum atomic E-state index is 12.4. The van der Waals surface area contributed by atoms with Crippen LogP contribution in [0.25, 0.3) is 0 Å². The molecule has 2 aliphatic rings. The molecule has 0 bridgehead atoms. The molecule has 83 heavy (non-hydrogen) atoms. The van der Waals surface area contributed by atoms with Crippen molar-refractivity contribution in [2.45, 2.75) is 142 Å². The minimum absolute atomic E-state index is 0.000466. The molecule has 0 spiro atoms. The highest BCUT2D eigenvalue weighted by molar-refractivity contribution is 5.94. The number of benzene rings is 6. The van der Waals surface area contributed by atoms with E-state index in [0.29, 0.717) is 30.8 Å². The molecule has 2 atom stereocenters. The van der Waals surface area contributed by atoms with E-state index in [1.807, 2.05) is 58.3 Å². The molecule has 10 nitrogen and oxygen atoms in total. The SMILES string of the molecule is CCN(C)C(=O)c1ccc(C#CC(O)c2cc(NCCc3ccc(N(C)C)cc3)c3c(c2)C(C)(C)CCC3(C)C)cc1.CCN(C)C(=O)c1ccc(C#CC(O)c2cc(OCc3ccc(N(C)C)cc3)c3c(c2)C(C)(C)CCC3(C)C)cc1. The number of nitrogens with zero attached hydrogens (tertiary/aromatic N) is 4. The first kappa shape index (κ1) is 63.1. The highest BCUT2D eigenvalue weighted by Crippen LogP contribution is 2.51. The number of carbonyl (C=O) groups is 2. The van der Waals surface area contributed by atoms with E-state index in [2.05, 4.69) is 175 Å². The van der Waals surface area contributed by atoms with Crippen molar-refractivity contribution in [3.8, 4) is 29.4 Å². The zero-order chi connectivity index (χ0) is 60.6. The number of amides is 2. The first-order valence-corrected chi connectivity index (χ1v) is 29.5. The van der Waals surface area contributed by atoms with Gasteiger partial charge in [-0.05, 0) is 191 Å². The molecule has 0 saturated heterocycles. The van der Waals surface area contributed by atoms with E-state index < -0.39 is 12.2 Å². The normalized spacial score (nSPS) is 15.6. The molecule has 0 saturated carbocycles. The summed E-state index contributed by atoms with van der Waals surface area (Å²) in [5, 5.41) is 26.2. The second kappa shape index (κ2) is 26.4. The molecule has 2 amide bonds. The molecule has 0 aromatic heterocycles. The van der Waals surface area contributed by atoms with Gasteiger partial charge in [-0.15, -0.1) is 0 Å². The second-order valence-electron chi connectivity index (χ2n) is 25.7. The molecule has 2 aliphatic carbocycles. The van der Waals surface area contributed by atoms with Gasteiger partial charge in [0.15, 0.2) is 0 Å². The van der Waals surface area contributed by atoms with Crippen LogP contribution in [-0.2, 0) is 34.7 Å². The van der Waals surface area contributed by atoms with Crippen molar-refractivity contribution in [1.82, 2.24) is 9.80 Å². The molecule has 2 unspecified atom stereocenters.